The predicted octanol–water partition coefficient (Wildman–Crippen LogP) is 3.78. The van der Waals surface area contributed by atoms with Gasteiger partial charge in [0.15, 0.2) is 0 Å². The Labute approximate surface area is 117 Å². The van der Waals surface area contributed by atoms with Crippen LogP contribution in [0.2, 0.25) is 5.02 Å². The normalized spacial score (nSPS) is 10.5. The smallest absolute Gasteiger partial charge is 0.142 e. The largest absolute Gasteiger partial charge is 0.489 e. The Balaban J connectivity index is 2.01. The lowest BCUT2D eigenvalue weighted by Gasteiger charge is -2.08. The van der Waals surface area contributed by atoms with Gasteiger partial charge in [0.05, 0.1) is 5.02 Å². The van der Waals surface area contributed by atoms with Gasteiger partial charge >= 0.3 is 0 Å². The van der Waals surface area contributed by atoms with E-state index >= 15 is 0 Å². The van der Waals surface area contributed by atoms with Crippen molar-refractivity contribution in [3.63, 3.8) is 0 Å². The monoisotopic (exact) mass is 279 g/mol. The maximum absolute atomic E-state index is 13.0. The predicted molar refractivity (Wildman–Crippen MR) is 74.9 cm³/mol. The van der Waals surface area contributed by atoms with E-state index in [-0.39, 0.29) is 5.02 Å². The average molecular weight is 280 g/mol. The first-order chi connectivity index (χ1) is 9.19. The SMILES string of the molecule is CNCc1cccc(COc2ccc(F)c(Cl)c2)c1. The second kappa shape index (κ2) is 6.55. The van der Waals surface area contributed by atoms with Gasteiger partial charge in [0.25, 0.3) is 0 Å². The van der Waals surface area contributed by atoms with Crippen molar-refractivity contribution in [3.8, 4) is 5.75 Å². The van der Waals surface area contributed by atoms with Gasteiger partial charge in [-0.25, -0.2) is 4.39 Å². The summed E-state index contributed by atoms with van der Waals surface area (Å²) in [7, 11) is 1.91. The highest BCUT2D eigenvalue weighted by molar-refractivity contribution is 6.30. The van der Waals surface area contributed by atoms with E-state index in [0.717, 1.165) is 12.1 Å². The van der Waals surface area contributed by atoms with E-state index in [1.54, 1.807) is 6.07 Å². The minimum atomic E-state index is -0.440. The topological polar surface area (TPSA) is 21.3 Å². The fraction of sp³-hybridized carbons (Fsp3) is 0.200. The van der Waals surface area contributed by atoms with Crippen LogP contribution in [0.3, 0.4) is 0 Å². The van der Waals surface area contributed by atoms with Crippen LogP contribution < -0.4 is 10.1 Å². The standard InChI is InChI=1S/C15H15ClFNO/c1-18-9-11-3-2-4-12(7-11)10-19-13-5-6-15(17)14(16)8-13/h2-8,18H,9-10H2,1H3. The Morgan fingerprint density at radius 1 is 1.16 bits per heavy atom. The van der Waals surface area contributed by atoms with Crippen LogP contribution in [0.4, 0.5) is 4.39 Å². The summed E-state index contributed by atoms with van der Waals surface area (Å²) in [4.78, 5) is 0. The van der Waals surface area contributed by atoms with Gasteiger partial charge in [-0.05, 0) is 30.3 Å². The van der Waals surface area contributed by atoms with Crippen LogP contribution in [0.1, 0.15) is 11.1 Å². The molecular formula is C15H15ClFNO. The number of benzene rings is 2. The summed E-state index contributed by atoms with van der Waals surface area (Å²) in [6.07, 6.45) is 0. The first kappa shape index (κ1) is 13.8. The van der Waals surface area contributed by atoms with Gasteiger partial charge in [-0.15, -0.1) is 0 Å². The van der Waals surface area contributed by atoms with Crippen LogP contribution >= 0.6 is 11.6 Å². The van der Waals surface area contributed by atoms with Gasteiger partial charge in [0.1, 0.15) is 18.2 Å². The summed E-state index contributed by atoms with van der Waals surface area (Å²) in [5.74, 6) is 0.121. The number of halogens is 2. The lowest BCUT2D eigenvalue weighted by Crippen LogP contribution is -2.05. The average Bonchev–Trinajstić information content (AvgIpc) is 2.41. The number of hydrogen-bond acceptors (Lipinski definition) is 2. The number of nitrogens with one attached hydrogen (secondary N) is 1. The van der Waals surface area contributed by atoms with Crippen molar-refractivity contribution in [2.75, 3.05) is 7.05 Å². The van der Waals surface area contributed by atoms with Crippen molar-refractivity contribution < 1.29 is 9.13 Å². The highest BCUT2D eigenvalue weighted by Crippen LogP contribution is 2.22. The molecule has 0 radical (unpaired) electrons. The molecule has 0 saturated heterocycles. The summed E-state index contributed by atoms with van der Waals surface area (Å²) >= 11 is 5.70. The zero-order valence-electron chi connectivity index (χ0n) is 10.6. The molecule has 0 atom stereocenters. The summed E-state index contributed by atoms with van der Waals surface area (Å²) in [6.45, 7) is 1.25. The maximum Gasteiger partial charge on any atom is 0.142 e. The van der Waals surface area contributed by atoms with Crippen molar-refractivity contribution >= 4 is 11.6 Å². The van der Waals surface area contributed by atoms with Crippen molar-refractivity contribution in [1.29, 1.82) is 0 Å². The first-order valence-electron chi connectivity index (χ1n) is 5.99. The molecule has 0 bridgehead atoms. The molecule has 19 heavy (non-hydrogen) atoms. The molecule has 0 saturated carbocycles. The molecular weight excluding hydrogens is 265 g/mol. The molecule has 0 spiro atoms. The lowest BCUT2D eigenvalue weighted by atomic mass is 10.1. The summed E-state index contributed by atoms with van der Waals surface area (Å²) in [6, 6.07) is 12.5. The fourth-order valence-corrected chi connectivity index (χ4v) is 1.94. The van der Waals surface area contributed by atoms with Crippen molar-refractivity contribution in [2.45, 2.75) is 13.2 Å². The summed E-state index contributed by atoms with van der Waals surface area (Å²) in [5, 5.41) is 3.17. The van der Waals surface area contributed by atoms with Crippen LogP contribution in [-0.2, 0) is 13.2 Å². The van der Waals surface area contributed by atoms with Crippen LogP contribution in [0.5, 0.6) is 5.75 Å². The molecule has 0 heterocycles. The molecule has 2 aromatic carbocycles. The molecule has 100 valence electrons. The fourth-order valence-electron chi connectivity index (χ4n) is 1.77. The molecule has 2 rings (SSSR count). The Bertz CT molecular complexity index is 560. The highest BCUT2D eigenvalue weighted by atomic mass is 35.5. The van der Waals surface area contributed by atoms with E-state index in [4.69, 9.17) is 16.3 Å². The molecule has 0 aromatic heterocycles. The van der Waals surface area contributed by atoms with E-state index in [1.807, 2.05) is 19.2 Å². The quantitative estimate of drug-likeness (QED) is 0.899. The summed E-state index contributed by atoms with van der Waals surface area (Å²) < 4.78 is 18.6. The van der Waals surface area contributed by atoms with Gasteiger partial charge < -0.3 is 10.1 Å². The Hall–Kier alpha value is -1.58. The van der Waals surface area contributed by atoms with E-state index in [9.17, 15) is 4.39 Å². The molecule has 0 unspecified atom stereocenters. The van der Waals surface area contributed by atoms with E-state index in [1.165, 1.54) is 17.7 Å². The lowest BCUT2D eigenvalue weighted by molar-refractivity contribution is 0.305. The zero-order chi connectivity index (χ0) is 13.7. The molecule has 2 aromatic rings. The number of ether oxygens (including phenoxy) is 1. The molecule has 1 N–H and O–H groups in total. The third kappa shape index (κ3) is 3.94. The van der Waals surface area contributed by atoms with Crippen molar-refractivity contribution in [2.24, 2.45) is 0 Å². The van der Waals surface area contributed by atoms with Gasteiger partial charge in [0.2, 0.25) is 0 Å². The van der Waals surface area contributed by atoms with Crippen LogP contribution in [0.15, 0.2) is 42.5 Å². The number of rotatable bonds is 5. The van der Waals surface area contributed by atoms with Crippen molar-refractivity contribution in [1.82, 2.24) is 5.32 Å². The molecule has 4 heteroatoms. The van der Waals surface area contributed by atoms with Gasteiger partial charge in [-0.1, -0.05) is 35.9 Å². The van der Waals surface area contributed by atoms with E-state index < -0.39 is 5.82 Å². The Morgan fingerprint density at radius 3 is 2.68 bits per heavy atom. The minimum absolute atomic E-state index is 0.0708. The zero-order valence-corrected chi connectivity index (χ0v) is 11.4. The van der Waals surface area contributed by atoms with E-state index in [0.29, 0.717) is 12.4 Å². The van der Waals surface area contributed by atoms with Crippen molar-refractivity contribution in [3.05, 3.63) is 64.4 Å². The van der Waals surface area contributed by atoms with Gasteiger partial charge in [-0.2, -0.15) is 0 Å². The minimum Gasteiger partial charge on any atom is -0.489 e. The molecule has 0 aliphatic carbocycles. The van der Waals surface area contributed by atoms with Gasteiger partial charge in [-0.3, -0.25) is 0 Å². The highest BCUT2D eigenvalue weighted by Gasteiger charge is 2.02. The third-order valence-corrected chi connectivity index (χ3v) is 2.96. The van der Waals surface area contributed by atoms with Crippen LogP contribution in [0, 0.1) is 5.82 Å². The Morgan fingerprint density at radius 2 is 1.95 bits per heavy atom. The molecule has 0 aliphatic rings. The molecule has 2 nitrogen and oxygen atoms in total. The first-order valence-corrected chi connectivity index (χ1v) is 6.37. The van der Waals surface area contributed by atoms with E-state index in [2.05, 4.69) is 17.4 Å². The maximum atomic E-state index is 13.0. The van der Waals surface area contributed by atoms with Gasteiger partial charge in [0, 0.05) is 12.6 Å². The van der Waals surface area contributed by atoms with Crippen LogP contribution in [-0.4, -0.2) is 7.05 Å². The second-order valence-corrected chi connectivity index (χ2v) is 4.62. The summed E-state index contributed by atoms with van der Waals surface area (Å²) in [5.41, 5.74) is 2.26. The molecule has 0 aliphatic heterocycles. The van der Waals surface area contributed by atoms with Crippen LogP contribution in [0.25, 0.3) is 0 Å². The third-order valence-electron chi connectivity index (χ3n) is 2.67. The Kier molecular flexibility index (Phi) is 4.77. The second-order valence-electron chi connectivity index (χ2n) is 4.21. The molecule has 0 amide bonds. The molecule has 0 fully saturated rings. The number of hydrogen-bond donors (Lipinski definition) is 1.